The van der Waals surface area contributed by atoms with Crippen LogP contribution < -0.4 is 0 Å². The largest absolute Gasteiger partial charge is 0.460 e. The van der Waals surface area contributed by atoms with Gasteiger partial charge in [-0.3, -0.25) is 0 Å². The fourth-order valence-corrected chi connectivity index (χ4v) is 1.06. The SMILES string of the molecule is C=CC(=O)OCCOCCOCCOCCOCC. The van der Waals surface area contributed by atoms with Crippen molar-refractivity contribution in [3.05, 3.63) is 12.7 Å². The Kier molecular flexibility index (Phi) is 14.4. The highest BCUT2D eigenvalue weighted by atomic mass is 16.6. The number of esters is 1. The van der Waals surface area contributed by atoms with Crippen LogP contribution in [0.15, 0.2) is 12.7 Å². The average molecular weight is 276 g/mol. The lowest BCUT2D eigenvalue weighted by Crippen LogP contribution is -2.13. The number of carbonyl (C=O) groups excluding carboxylic acids is 1. The van der Waals surface area contributed by atoms with E-state index < -0.39 is 5.97 Å². The monoisotopic (exact) mass is 276 g/mol. The summed E-state index contributed by atoms with van der Waals surface area (Å²) in [5.41, 5.74) is 0. The van der Waals surface area contributed by atoms with E-state index in [9.17, 15) is 4.79 Å². The van der Waals surface area contributed by atoms with E-state index in [-0.39, 0.29) is 6.61 Å². The Balaban J connectivity index is 2.99. The summed E-state index contributed by atoms with van der Waals surface area (Å²) < 4.78 is 25.6. The van der Waals surface area contributed by atoms with Gasteiger partial charge in [-0.1, -0.05) is 6.58 Å². The van der Waals surface area contributed by atoms with Crippen LogP contribution in [0, 0.1) is 0 Å². The summed E-state index contributed by atoms with van der Waals surface area (Å²) in [4.78, 5) is 10.7. The third kappa shape index (κ3) is 15.0. The van der Waals surface area contributed by atoms with E-state index in [1.165, 1.54) is 0 Å². The van der Waals surface area contributed by atoms with Crippen LogP contribution in [0.25, 0.3) is 0 Å². The molecule has 0 aliphatic carbocycles. The molecular formula is C13H24O6. The Labute approximate surface area is 114 Å². The molecule has 0 aromatic carbocycles. The van der Waals surface area contributed by atoms with Crippen molar-refractivity contribution in [2.24, 2.45) is 0 Å². The lowest BCUT2D eigenvalue weighted by atomic mass is 10.6. The first-order valence-electron chi connectivity index (χ1n) is 6.41. The number of ether oxygens (including phenoxy) is 5. The summed E-state index contributed by atoms with van der Waals surface area (Å²) in [7, 11) is 0. The van der Waals surface area contributed by atoms with Gasteiger partial charge in [0.1, 0.15) is 6.61 Å². The summed E-state index contributed by atoms with van der Waals surface area (Å²) >= 11 is 0. The van der Waals surface area contributed by atoms with Gasteiger partial charge in [0.25, 0.3) is 0 Å². The van der Waals surface area contributed by atoms with E-state index in [0.717, 1.165) is 6.08 Å². The molecule has 0 saturated heterocycles. The second-order valence-electron chi connectivity index (χ2n) is 3.41. The first-order chi connectivity index (χ1) is 9.31. The number of rotatable bonds is 14. The quantitative estimate of drug-likeness (QED) is 0.266. The van der Waals surface area contributed by atoms with Gasteiger partial charge in [0.2, 0.25) is 0 Å². The highest BCUT2D eigenvalue weighted by molar-refractivity contribution is 5.81. The lowest BCUT2D eigenvalue weighted by molar-refractivity contribution is -0.139. The molecule has 19 heavy (non-hydrogen) atoms. The third-order valence-electron chi connectivity index (χ3n) is 1.96. The van der Waals surface area contributed by atoms with Crippen LogP contribution in [-0.4, -0.2) is 65.4 Å². The summed E-state index contributed by atoms with van der Waals surface area (Å²) in [6.45, 7) is 9.75. The number of hydrogen-bond acceptors (Lipinski definition) is 6. The maximum atomic E-state index is 10.7. The highest BCUT2D eigenvalue weighted by Gasteiger charge is 1.95. The first-order valence-corrected chi connectivity index (χ1v) is 6.41. The van der Waals surface area contributed by atoms with Crippen LogP contribution in [0.2, 0.25) is 0 Å². The molecule has 0 N–H and O–H groups in total. The summed E-state index contributed by atoms with van der Waals surface area (Å²) in [5, 5.41) is 0. The topological polar surface area (TPSA) is 63.2 Å². The van der Waals surface area contributed by atoms with Gasteiger partial charge >= 0.3 is 5.97 Å². The van der Waals surface area contributed by atoms with E-state index in [4.69, 9.17) is 23.7 Å². The van der Waals surface area contributed by atoms with E-state index in [1.807, 2.05) is 6.92 Å². The fourth-order valence-electron chi connectivity index (χ4n) is 1.06. The van der Waals surface area contributed by atoms with Crippen LogP contribution >= 0.6 is 0 Å². The molecule has 0 radical (unpaired) electrons. The zero-order valence-electron chi connectivity index (χ0n) is 11.6. The molecule has 0 rings (SSSR count). The normalized spacial score (nSPS) is 10.4. The molecule has 0 heterocycles. The summed E-state index contributed by atoms with van der Waals surface area (Å²) in [6.07, 6.45) is 1.12. The van der Waals surface area contributed by atoms with Crippen molar-refractivity contribution in [1.82, 2.24) is 0 Å². The molecule has 0 amide bonds. The third-order valence-corrected chi connectivity index (χ3v) is 1.96. The minimum atomic E-state index is -0.441. The zero-order valence-corrected chi connectivity index (χ0v) is 11.6. The lowest BCUT2D eigenvalue weighted by Gasteiger charge is -2.07. The van der Waals surface area contributed by atoms with Crippen LogP contribution in [-0.2, 0) is 28.5 Å². The molecule has 6 heteroatoms. The van der Waals surface area contributed by atoms with E-state index in [0.29, 0.717) is 52.9 Å². The van der Waals surface area contributed by atoms with Crippen LogP contribution in [0.4, 0.5) is 0 Å². The average Bonchev–Trinajstić information content (AvgIpc) is 2.43. The van der Waals surface area contributed by atoms with Gasteiger partial charge in [0.05, 0.1) is 46.2 Å². The molecule has 0 aromatic heterocycles. The molecule has 0 atom stereocenters. The van der Waals surface area contributed by atoms with Crippen molar-refractivity contribution in [2.45, 2.75) is 6.92 Å². The molecule has 0 bridgehead atoms. The van der Waals surface area contributed by atoms with E-state index >= 15 is 0 Å². The van der Waals surface area contributed by atoms with Crippen molar-refractivity contribution in [1.29, 1.82) is 0 Å². The molecule has 112 valence electrons. The van der Waals surface area contributed by atoms with Gasteiger partial charge in [-0.05, 0) is 6.92 Å². The second kappa shape index (κ2) is 15.1. The minimum absolute atomic E-state index is 0.228. The summed E-state index contributed by atoms with van der Waals surface area (Å²) in [5.74, 6) is -0.441. The number of hydrogen-bond donors (Lipinski definition) is 0. The molecule has 0 spiro atoms. The minimum Gasteiger partial charge on any atom is -0.460 e. The predicted octanol–water partition coefficient (Wildman–Crippen LogP) is 0.802. The van der Waals surface area contributed by atoms with Crippen molar-refractivity contribution >= 4 is 5.97 Å². The van der Waals surface area contributed by atoms with Gasteiger partial charge in [0.15, 0.2) is 0 Å². The number of carbonyl (C=O) groups is 1. The molecule has 0 aliphatic heterocycles. The van der Waals surface area contributed by atoms with Crippen LogP contribution in [0.1, 0.15) is 6.92 Å². The van der Waals surface area contributed by atoms with Crippen LogP contribution in [0.5, 0.6) is 0 Å². The molecule has 6 nitrogen and oxygen atoms in total. The van der Waals surface area contributed by atoms with E-state index in [2.05, 4.69) is 6.58 Å². The Hall–Kier alpha value is -0.950. The van der Waals surface area contributed by atoms with Crippen molar-refractivity contribution in [3.63, 3.8) is 0 Å². The summed E-state index contributed by atoms with van der Waals surface area (Å²) in [6, 6.07) is 0. The molecule has 0 unspecified atom stereocenters. The molecule has 0 aromatic rings. The van der Waals surface area contributed by atoms with E-state index in [1.54, 1.807) is 0 Å². The van der Waals surface area contributed by atoms with Gasteiger partial charge < -0.3 is 23.7 Å². The fraction of sp³-hybridized carbons (Fsp3) is 0.769. The molecular weight excluding hydrogens is 252 g/mol. The Morgan fingerprint density at radius 2 is 1.26 bits per heavy atom. The second-order valence-corrected chi connectivity index (χ2v) is 3.41. The van der Waals surface area contributed by atoms with Crippen LogP contribution in [0.3, 0.4) is 0 Å². The Bertz CT molecular complexity index is 219. The Morgan fingerprint density at radius 1 is 0.842 bits per heavy atom. The van der Waals surface area contributed by atoms with Crippen molar-refractivity contribution < 1.29 is 28.5 Å². The predicted molar refractivity (Wildman–Crippen MR) is 70.1 cm³/mol. The smallest absolute Gasteiger partial charge is 0.330 e. The van der Waals surface area contributed by atoms with Gasteiger partial charge in [-0.25, -0.2) is 4.79 Å². The van der Waals surface area contributed by atoms with Gasteiger partial charge in [-0.2, -0.15) is 0 Å². The molecule has 0 saturated carbocycles. The Morgan fingerprint density at radius 3 is 1.68 bits per heavy atom. The maximum absolute atomic E-state index is 10.7. The highest BCUT2D eigenvalue weighted by Crippen LogP contribution is 1.84. The van der Waals surface area contributed by atoms with Crippen molar-refractivity contribution in [3.8, 4) is 0 Å². The molecule has 0 aliphatic rings. The van der Waals surface area contributed by atoms with Gasteiger partial charge in [-0.15, -0.1) is 0 Å². The van der Waals surface area contributed by atoms with Gasteiger partial charge in [0, 0.05) is 12.7 Å². The zero-order chi connectivity index (χ0) is 14.2. The van der Waals surface area contributed by atoms with Crippen molar-refractivity contribution in [2.75, 3.05) is 59.5 Å². The standard InChI is InChI=1S/C13H24O6/c1-3-13(14)19-12-11-18-10-9-17-8-7-16-6-5-15-4-2/h3H,1,4-12H2,2H3. The first kappa shape index (κ1) is 18.0. The maximum Gasteiger partial charge on any atom is 0.330 e. The molecule has 0 fully saturated rings.